The number of aromatic carboxylic acids is 1. The molecule has 0 atom stereocenters. The molecule has 1 aromatic carbocycles. The van der Waals surface area contributed by atoms with Gasteiger partial charge in [0.25, 0.3) is 0 Å². The molecule has 3 aromatic rings. The summed E-state index contributed by atoms with van der Waals surface area (Å²) in [5.41, 5.74) is 0.791. The van der Waals surface area contributed by atoms with Crippen molar-refractivity contribution >= 4 is 60.6 Å². The van der Waals surface area contributed by atoms with E-state index >= 15 is 0 Å². The number of benzene rings is 1. The molecule has 0 radical (unpaired) electrons. The minimum absolute atomic E-state index is 0.0336. The summed E-state index contributed by atoms with van der Waals surface area (Å²) in [7, 11) is -3.68. The van der Waals surface area contributed by atoms with Gasteiger partial charge < -0.3 is 5.11 Å². The smallest absolute Gasteiger partial charge is 0.345 e. The largest absolute Gasteiger partial charge is 0.477 e. The molecule has 24 heavy (non-hydrogen) atoms. The molecule has 0 saturated carbocycles. The number of fused-ring (bicyclic) bond motifs is 1. The Balaban J connectivity index is 2.38. The zero-order valence-corrected chi connectivity index (χ0v) is 15.1. The second kappa shape index (κ2) is 5.96. The standard InChI is InChI=1S/C14H8Cl2N2O4S2/c1-24(21,22)14-17-11(6-2-3-8(15)9(16)4-6)7-5-10(13(19)20)23-12(7)18-14/h2-5H,1H3,(H,19,20). The summed E-state index contributed by atoms with van der Waals surface area (Å²) in [6.45, 7) is 0. The lowest BCUT2D eigenvalue weighted by Crippen LogP contribution is -2.04. The quantitative estimate of drug-likeness (QED) is 0.669. The summed E-state index contributed by atoms with van der Waals surface area (Å²) >= 11 is 12.8. The van der Waals surface area contributed by atoms with Crippen LogP contribution in [0.4, 0.5) is 0 Å². The SMILES string of the molecule is CS(=O)(=O)c1nc(-c2ccc(Cl)c(Cl)c2)c2cc(C(=O)O)sc2n1. The summed E-state index contributed by atoms with van der Waals surface area (Å²) in [4.78, 5) is 19.6. The lowest BCUT2D eigenvalue weighted by molar-refractivity contribution is 0.0702. The predicted molar refractivity (Wildman–Crippen MR) is 92.9 cm³/mol. The average molecular weight is 403 g/mol. The van der Waals surface area contributed by atoms with Gasteiger partial charge in [-0.1, -0.05) is 29.3 Å². The van der Waals surface area contributed by atoms with Crippen LogP contribution in [0.15, 0.2) is 29.4 Å². The molecule has 2 heterocycles. The van der Waals surface area contributed by atoms with Gasteiger partial charge >= 0.3 is 5.97 Å². The van der Waals surface area contributed by atoms with E-state index in [0.717, 1.165) is 17.6 Å². The number of nitrogens with zero attached hydrogens (tertiary/aromatic N) is 2. The van der Waals surface area contributed by atoms with E-state index in [2.05, 4.69) is 9.97 Å². The maximum absolute atomic E-state index is 11.8. The number of rotatable bonds is 3. The average Bonchev–Trinajstić information content (AvgIpc) is 2.92. The number of carboxylic acids is 1. The van der Waals surface area contributed by atoms with Gasteiger partial charge in [-0.2, -0.15) is 0 Å². The number of aromatic nitrogens is 2. The number of hydrogen-bond acceptors (Lipinski definition) is 6. The van der Waals surface area contributed by atoms with Crippen LogP contribution in [0.1, 0.15) is 9.67 Å². The van der Waals surface area contributed by atoms with E-state index in [-0.39, 0.29) is 25.6 Å². The minimum Gasteiger partial charge on any atom is -0.477 e. The van der Waals surface area contributed by atoms with Crippen LogP contribution in [-0.2, 0) is 9.84 Å². The van der Waals surface area contributed by atoms with Crippen molar-refractivity contribution in [1.82, 2.24) is 9.97 Å². The first-order valence-electron chi connectivity index (χ1n) is 6.37. The number of carboxylic acid groups (broad SMARTS) is 1. The summed E-state index contributed by atoms with van der Waals surface area (Å²) in [5, 5.41) is 9.83. The molecule has 0 aliphatic rings. The van der Waals surface area contributed by atoms with Crippen LogP contribution in [0.25, 0.3) is 21.5 Å². The lowest BCUT2D eigenvalue weighted by atomic mass is 10.1. The Labute approximate surface area is 150 Å². The number of thiophene rings is 1. The predicted octanol–water partition coefficient (Wildman–Crippen LogP) is 3.77. The Bertz CT molecular complexity index is 1090. The first-order valence-corrected chi connectivity index (χ1v) is 9.83. The van der Waals surface area contributed by atoms with Crippen LogP contribution < -0.4 is 0 Å². The summed E-state index contributed by atoms with van der Waals surface area (Å²) in [6, 6.07) is 6.12. The van der Waals surface area contributed by atoms with Crippen LogP contribution in [0.5, 0.6) is 0 Å². The van der Waals surface area contributed by atoms with E-state index in [1.54, 1.807) is 12.1 Å². The molecule has 6 nitrogen and oxygen atoms in total. The Hall–Kier alpha value is -1.74. The van der Waals surface area contributed by atoms with Crippen LogP contribution in [0.3, 0.4) is 0 Å². The maximum Gasteiger partial charge on any atom is 0.345 e. The van der Waals surface area contributed by atoms with Gasteiger partial charge in [-0.3, -0.25) is 0 Å². The first-order chi connectivity index (χ1) is 11.2. The van der Waals surface area contributed by atoms with E-state index < -0.39 is 15.8 Å². The molecule has 0 saturated heterocycles. The monoisotopic (exact) mass is 402 g/mol. The Morgan fingerprint density at radius 1 is 1.17 bits per heavy atom. The molecule has 0 bridgehead atoms. The molecule has 3 rings (SSSR count). The zero-order chi connectivity index (χ0) is 17.6. The van der Waals surface area contributed by atoms with Crippen LogP contribution in [0, 0.1) is 0 Å². The maximum atomic E-state index is 11.8. The van der Waals surface area contributed by atoms with E-state index in [4.69, 9.17) is 28.3 Å². The molecule has 0 aliphatic carbocycles. The molecule has 0 amide bonds. The van der Waals surface area contributed by atoms with E-state index in [0.29, 0.717) is 16.0 Å². The Morgan fingerprint density at radius 3 is 2.46 bits per heavy atom. The van der Waals surface area contributed by atoms with Crippen molar-refractivity contribution in [3.05, 3.63) is 39.2 Å². The van der Waals surface area contributed by atoms with Gasteiger partial charge in [0.15, 0.2) is 0 Å². The fourth-order valence-corrected chi connectivity index (χ4v) is 3.78. The van der Waals surface area contributed by atoms with Gasteiger partial charge in [0.2, 0.25) is 15.0 Å². The molecule has 0 fully saturated rings. The molecule has 10 heteroatoms. The van der Waals surface area contributed by atoms with Crippen molar-refractivity contribution in [2.75, 3.05) is 6.26 Å². The van der Waals surface area contributed by atoms with Gasteiger partial charge in [0.05, 0.1) is 15.7 Å². The zero-order valence-electron chi connectivity index (χ0n) is 11.9. The number of halogens is 2. The lowest BCUT2D eigenvalue weighted by Gasteiger charge is -2.06. The number of carbonyl (C=O) groups is 1. The minimum atomic E-state index is -3.68. The summed E-state index contributed by atoms with van der Waals surface area (Å²) < 4.78 is 23.7. The van der Waals surface area contributed by atoms with Crippen molar-refractivity contribution in [1.29, 1.82) is 0 Å². The van der Waals surface area contributed by atoms with Crippen LogP contribution >= 0.6 is 34.5 Å². The molecular formula is C14H8Cl2N2O4S2. The molecule has 0 aliphatic heterocycles. The highest BCUT2D eigenvalue weighted by Crippen LogP contribution is 2.35. The third-order valence-corrected chi connectivity index (χ3v) is 5.71. The molecule has 1 N–H and O–H groups in total. The van der Waals surface area contributed by atoms with Gasteiger partial charge in [0.1, 0.15) is 9.71 Å². The van der Waals surface area contributed by atoms with E-state index in [1.165, 1.54) is 12.1 Å². The summed E-state index contributed by atoms with van der Waals surface area (Å²) in [6.07, 6.45) is 0.985. The molecule has 124 valence electrons. The fourth-order valence-electron chi connectivity index (χ4n) is 2.04. The molecule has 2 aromatic heterocycles. The topological polar surface area (TPSA) is 97.2 Å². The molecule has 0 spiro atoms. The number of hydrogen-bond donors (Lipinski definition) is 1. The first kappa shape index (κ1) is 17.1. The van der Waals surface area contributed by atoms with Crippen molar-refractivity contribution in [3.63, 3.8) is 0 Å². The van der Waals surface area contributed by atoms with Gasteiger partial charge in [-0.05, 0) is 18.2 Å². The van der Waals surface area contributed by atoms with Crippen LogP contribution in [0.2, 0.25) is 10.0 Å². The molecular weight excluding hydrogens is 395 g/mol. The van der Waals surface area contributed by atoms with E-state index in [9.17, 15) is 13.2 Å². The van der Waals surface area contributed by atoms with Crippen molar-refractivity contribution in [2.24, 2.45) is 0 Å². The van der Waals surface area contributed by atoms with Crippen molar-refractivity contribution < 1.29 is 18.3 Å². The highest BCUT2D eigenvalue weighted by molar-refractivity contribution is 7.90. The second-order valence-corrected chi connectivity index (χ2v) is 8.65. The second-order valence-electron chi connectivity index (χ2n) is 4.89. The number of sulfone groups is 1. The fraction of sp³-hybridized carbons (Fsp3) is 0.0714. The van der Waals surface area contributed by atoms with Gasteiger partial charge in [-0.25, -0.2) is 23.2 Å². The Kier molecular flexibility index (Phi) is 4.25. The third kappa shape index (κ3) is 3.10. The third-order valence-electron chi connectivity index (χ3n) is 3.11. The van der Waals surface area contributed by atoms with Crippen molar-refractivity contribution in [3.8, 4) is 11.3 Å². The summed E-state index contributed by atoms with van der Waals surface area (Å²) in [5.74, 6) is -1.13. The van der Waals surface area contributed by atoms with E-state index in [1.807, 2.05) is 0 Å². The Morgan fingerprint density at radius 2 is 1.88 bits per heavy atom. The van der Waals surface area contributed by atoms with Gasteiger partial charge in [-0.15, -0.1) is 11.3 Å². The highest BCUT2D eigenvalue weighted by Gasteiger charge is 2.20. The van der Waals surface area contributed by atoms with Gasteiger partial charge in [0, 0.05) is 17.2 Å². The normalized spacial score (nSPS) is 11.8. The highest BCUT2D eigenvalue weighted by atomic mass is 35.5. The van der Waals surface area contributed by atoms with Crippen LogP contribution in [-0.4, -0.2) is 35.7 Å². The molecule has 0 unspecified atom stereocenters. The van der Waals surface area contributed by atoms with Crippen molar-refractivity contribution in [2.45, 2.75) is 5.16 Å².